The normalized spacial score (nSPS) is 23.7. The van der Waals surface area contributed by atoms with Crippen LogP contribution in [0.5, 0.6) is 0 Å². The maximum Gasteiger partial charge on any atom is 0.232 e. The van der Waals surface area contributed by atoms with Crippen LogP contribution in [0.25, 0.3) is 0 Å². The first-order valence-corrected chi connectivity index (χ1v) is 7.30. The molecule has 1 aliphatic heterocycles. The number of carbonyl (C=O) groups is 2. The van der Waals surface area contributed by atoms with E-state index in [0.717, 1.165) is 0 Å². The first-order valence-electron chi connectivity index (χ1n) is 7.30. The van der Waals surface area contributed by atoms with E-state index in [9.17, 15) is 14.0 Å². The van der Waals surface area contributed by atoms with Gasteiger partial charge in [0.1, 0.15) is 5.82 Å². The van der Waals surface area contributed by atoms with Crippen LogP contribution in [0.4, 0.5) is 4.39 Å². The van der Waals surface area contributed by atoms with Crippen LogP contribution in [0, 0.1) is 17.7 Å². The average Bonchev–Trinajstić information content (AvgIpc) is 2.65. The Morgan fingerprint density at radius 1 is 1.19 bits per heavy atom. The molecule has 2 amide bonds. The third-order valence-corrected chi connectivity index (χ3v) is 4.16. The zero-order valence-corrected chi connectivity index (χ0v) is 12.6. The minimum absolute atomic E-state index is 0.168. The summed E-state index contributed by atoms with van der Waals surface area (Å²) in [5.74, 6) is -1.29. The van der Waals surface area contributed by atoms with E-state index < -0.39 is 0 Å². The Morgan fingerprint density at radius 3 is 2.29 bits per heavy atom. The highest BCUT2D eigenvalue weighted by molar-refractivity contribution is 6.04. The molecule has 0 radical (unpaired) electrons. The minimum atomic E-state index is -0.387. The van der Waals surface area contributed by atoms with Crippen molar-refractivity contribution < 1.29 is 14.0 Å². The third-order valence-electron chi connectivity index (χ3n) is 4.16. The van der Waals surface area contributed by atoms with Crippen LogP contribution in [0.1, 0.15) is 32.4 Å². The predicted molar refractivity (Wildman–Crippen MR) is 77.9 cm³/mol. The molecule has 1 aromatic carbocycles. The Kier molecular flexibility index (Phi) is 4.73. The Morgan fingerprint density at radius 2 is 1.76 bits per heavy atom. The number of hydrogen-bond acceptors (Lipinski definition) is 3. The fourth-order valence-electron chi connectivity index (χ4n) is 2.67. The van der Waals surface area contributed by atoms with Crippen molar-refractivity contribution in [2.75, 3.05) is 13.1 Å². The molecule has 1 aromatic rings. The molecule has 3 unspecified atom stereocenters. The number of hydrogen-bond donors (Lipinski definition) is 1. The molecule has 4 nitrogen and oxygen atoms in total. The first-order chi connectivity index (χ1) is 9.97. The maximum atomic E-state index is 14.0. The standard InChI is InChI=1S/C16H21FN2O2/c1-4-18-14(12-7-5-6-8-13(12)17)9-19-15(20)10(2)11(3)16(19)21/h5-8,10-11,14,18H,4,9H2,1-3H3. The van der Waals surface area contributed by atoms with Gasteiger partial charge in [-0.1, -0.05) is 39.0 Å². The smallest absolute Gasteiger partial charge is 0.232 e. The number of amides is 2. The second-order valence-electron chi connectivity index (χ2n) is 5.50. The zero-order valence-electron chi connectivity index (χ0n) is 12.6. The summed E-state index contributed by atoms with van der Waals surface area (Å²) < 4.78 is 14.0. The number of likely N-dealkylation sites (N-methyl/N-ethyl adjacent to an activating group) is 1. The Bertz CT molecular complexity index is 527. The lowest BCUT2D eigenvalue weighted by molar-refractivity contribution is -0.140. The van der Waals surface area contributed by atoms with Gasteiger partial charge in [0.15, 0.2) is 0 Å². The fraction of sp³-hybridized carbons (Fsp3) is 0.500. The monoisotopic (exact) mass is 292 g/mol. The van der Waals surface area contributed by atoms with Crippen molar-refractivity contribution >= 4 is 11.8 Å². The Hall–Kier alpha value is -1.75. The van der Waals surface area contributed by atoms with E-state index >= 15 is 0 Å². The van der Waals surface area contributed by atoms with Gasteiger partial charge >= 0.3 is 0 Å². The summed E-state index contributed by atoms with van der Waals surface area (Å²) in [5.41, 5.74) is 0.479. The Balaban J connectivity index is 2.23. The maximum absolute atomic E-state index is 14.0. The summed E-state index contributed by atoms with van der Waals surface area (Å²) in [7, 11) is 0. The van der Waals surface area contributed by atoms with Crippen LogP contribution in [0.2, 0.25) is 0 Å². The molecule has 1 saturated heterocycles. The molecular weight excluding hydrogens is 271 g/mol. The topological polar surface area (TPSA) is 49.4 Å². The average molecular weight is 292 g/mol. The fourth-order valence-corrected chi connectivity index (χ4v) is 2.67. The largest absolute Gasteiger partial charge is 0.309 e. The van der Waals surface area contributed by atoms with Gasteiger partial charge < -0.3 is 5.32 Å². The molecule has 21 heavy (non-hydrogen) atoms. The summed E-state index contributed by atoms with van der Waals surface area (Å²) in [5, 5.41) is 3.15. The second-order valence-corrected chi connectivity index (χ2v) is 5.50. The molecule has 0 spiro atoms. The van der Waals surface area contributed by atoms with Gasteiger partial charge in [-0.2, -0.15) is 0 Å². The van der Waals surface area contributed by atoms with Crippen molar-refractivity contribution in [1.29, 1.82) is 0 Å². The molecule has 5 heteroatoms. The molecule has 0 aliphatic carbocycles. The number of likely N-dealkylation sites (tertiary alicyclic amines) is 1. The lowest BCUT2D eigenvalue weighted by Crippen LogP contribution is -2.39. The summed E-state index contributed by atoms with van der Waals surface area (Å²) in [6, 6.07) is 6.06. The Labute approximate surface area is 124 Å². The van der Waals surface area contributed by atoms with Crippen molar-refractivity contribution in [1.82, 2.24) is 10.2 Å². The van der Waals surface area contributed by atoms with E-state index in [-0.39, 0.29) is 42.1 Å². The van der Waals surface area contributed by atoms with E-state index in [1.165, 1.54) is 11.0 Å². The molecule has 1 heterocycles. The number of nitrogens with zero attached hydrogens (tertiary/aromatic N) is 1. The van der Waals surface area contributed by atoms with Crippen molar-refractivity contribution in [2.24, 2.45) is 11.8 Å². The second kappa shape index (κ2) is 6.35. The van der Waals surface area contributed by atoms with Crippen LogP contribution in [0.15, 0.2) is 24.3 Å². The molecule has 2 rings (SSSR count). The summed E-state index contributed by atoms with van der Waals surface area (Å²) in [4.78, 5) is 25.6. The summed E-state index contributed by atoms with van der Waals surface area (Å²) in [6.45, 7) is 6.22. The number of benzene rings is 1. The predicted octanol–water partition coefficient (Wildman–Crippen LogP) is 2.12. The van der Waals surface area contributed by atoms with Gasteiger partial charge in [-0.25, -0.2) is 4.39 Å². The van der Waals surface area contributed by atoms with Crippen molar-refractivity contribution in [3.63, 3.8) is 0 Å². The van der Waals surface area contributed by atoms with Gasteiger partial charge in [0, 0.05) is 23.9 Å². The molecule has 0 bridgehead atoms. The van der Waals surface area contributed by atoms with Gasteiger partial charge in [0.2, 0.25) is 11.8 Å². The zero-order chi connectivity index (χ0) is 15.6. The highest BCUT2D eigenvalue weighted by atomic mass is 19.1. The van der Waals surface area contributed by atoms with Crippen molar-refractivity contribution in [2.45, 2.75) is 26.8 Å². The molecule has 0 aromatic heterocycles. The molecular formula is C16H21FN2O2. The van der Waals surface area contributed by atoms with Crippen molar-refractivity contribution in [3.05, 3.63) is 35.6 Å². The molecule has 1 aliphatic rings. The lowest BCUT2D eigenvalue weighted by Gasteiger charge is -2.24. The highest BCUT2D eigenvalue weighted by Crippen LogP contribution is 2.28. The van der Waals surface area contributed by atoms with E-state index in [4.69, 9.17) is 0 Å². The number of halogens is 1. The third kappa shape index (κ3) is 2.97. The number of imide groups is 1. The molecule has 1 fully saturated rings. The van der Waals surface area contributed by atoms with E-state index in [1.54, 1.807) is 32.0 Å². The van der Waals surface area contributed by atoms with Crippen LogP contribution < -0.4 is 5.32 Å². The SMILES string of the molecule is CCNC(CN1C(=O)C(C)C(C)C1=O)c1ccccc1F. The van der Waals surface area contributed by atoms with Crippen LogP contribution in [-0.2, 0) is 9.59 Å². The molecule has 114 valence electrons. The van der Waals surface area contributed by atoms with Crippen LogP contribution in [0.3, 0.4) is 0 Å². The van der Waals surface area contributed by atoms with E-state index in [2.05, 4.69) is 5.32 Å². The summed E-state index contributed by atoms with van der Waals surface area (Å²) in [6.07, 6.45) is 0. The summed E-state index contributed by atoms with van der Waals surface area (Å²) >= 11 is 0. The van der Waals surface area contributed by atoms with Gasteiger partial charge in [0.05, 0.1) is 6.04 Å². The lowest BCUT2D eigenvalue weighted by atomic mass is 10.00. The van der Waals surface area contributed by atoms with Crippen LogP contribution >= 0.6 is 0 Å². The number of nitrogens with one attached hydrogen (secondary N) is 1. The van der Waals surface area contributed by atoms with Gasteiger partial charge in [-0.05, 0) is 12.6 Å². The van der Waals surface area contributed by atoms with Gasteiger partial charge in [-0.15, -0.1) is 0 Å². The van der Waals surface area contributed by atoms with E-state index in [0.29, 0.717) is 12.1 Å². The molecule has 3 atom stereocenters. The molecule has 1 N–H and O–H groups in total. The van der Waals surface area contributed by atoms with E-state index in [1.807, 2.05) is 6.92 Å². The van der Waals surface area contributed by atoms with Crippen LogP contribution in [-0.4, -0.2) is 29.8 Å². The highest BCUT2D eigenvalue weighted by Gasteiger charge is 2.43. The number of carbonyl (C=O) groups excluding carboxylic acids is 2. The van der Waals surface area contributed by atoms with Gasteiger partial charge in [-0.3, -0.25) is 14.5 Å². The van der Waals surface area contributed by atoms with Gasteiger partial charge in [0.25, 0.3) is 0 Å². The first kappa shape index (κ1) is 15.6. The van der Waals surface area contributed by atoms with Crippen molar-refractivity contribution in [3.8, 4) is 0 Å². The minimum Gasteiger partial charge on any atom is -0.309 e. The molecule has 0 saturated carbocycles. The number of rotatable bonds is 5. The quantitative estimate of drug-likeness (QED) is 0.846.